The number of nitrogens with zero attached hydrogens (tertiary/aromatic N) is 2. The topological polar surface area (TPSA) is 107 Å². The second kappa shape index (κ2) is 11.2. The smallest absolute Gasteiger partial charge is 0.263 e. The zero-order chi connectivity index (χ0) is 23.7. The molecule has 0 saturated carbocycles. The minimum atomic E-state index is -3.74. The number of carbonyl (C=O) groups excluding carboxylic acids is 1. The molecule has 2 aromatic carbocycles. The molecular weight excluding hydrogens is 434 g/mol. The number of anilines is 1. The van der Waals surface area contributed by atoms with Crippen LogP contribution < -0.4 is 23.9 Å². The van der Waals surface area contributed by atoms with E-state index in [0.717, 1.165) is 10.6 Å². The number of sulfonamides is 1. The number of hydrazone groups is 1. The lowest BCUT2D eigenvalue weighted by atomic mass is 10.2. The van der Waals surface area contributed by atoms with Crippen LogP contribution in [0.25, 0.3) is 0 Å². The number of carbonyl (C=O) groups is 1. The van der Waals surface area contributed by atoms with Gasteiger partial charge >= 0.3 is 0 Å². The molecule has 1 amide bonds. The predicted octanol–water partition coefficient (Wildman–Crippen LogP) is 2.57. The van der Waals surface area contributed by atoms with Crippen molar-refractivity contribution in [2.45, 2.75) is 13.0 Å². The van der Waals surface area contributed by atoms with Gasteiger partial charge in [0.1, 0.15) is 18.4 Å². The molecule has 0 aliphatic heterocycles. The minimum Gasteiger partial charge on any atom is -0.497 e. The number of nitrogens with one attached hydrogen (secondary N) is 1. The fourth-order valence-electron chi connectivity index (χ4n) is 2.83. The van der Waals surface area contributed by atoms with E-state index in [2.05, 4.69) is 17.1 Å². The van der Waals surface area contributed by atoms with Gasteiger partial charge in [0.25, 0.3) is 5.91 Å². The lowest BCUT2D eigenvalue weighted by Crippen LogP contribution is -2.46. The second-order valence-electron chi connectivity index (χ2n) is 6.68. The van der Waals surface area contributed by atoms with E-state index in [9.17, 15) is 13.2 Å². The second-order valence-corrected chi connectivity index (χ2v) is 8.54. The van der Waals surface area contributed by atoms with Crippen LogP contribution in [-0.2, 0) is 14.8 Å². The summed E-state index contributed by atoms with van der Waals surface area (Å²) >= 11 is 0. The van der Waals surface area contributed by atoms with Crippen molar-refractivity contribution in [1.82, 2.24) is 5.43 Å². The normalized spacial score (nSPS) is 12.1. The molecule has 2 rings (SSSR count). The molecule has 0 bridgehead atoms. The molecule has 1 atom stereocenters. The fourth-order valence-corrected chi connectivity index (χ4v) is 4.01. The van der Waals surface area contributed by atoms with Gasteiger partial charge in [-0.1, -0.05) is 12.7 Å². The van der Waals surface area contributed by atoms with E-state index in [4.69, 9.17) is 14.2 Å². The monoisotopic (exact) mass is 461 g/mol. The number of hydrogen-bond donors (Lipinski definition) is 1. The average Bonchev–Trinajstić information content (AvgIpc) is 2.77. The Balaban J connectivity index is 2.14. The lowest BCUT2D eigenvalue weighted by molar-refractivity contribution is -0.121. The molecule has 0 saturated heterocycles. The molecule has 2 aromatic rings. The standard InChI is InChI=1S/C22H27N3O6S/c1-6-13-31-20-12-7-17(14-21(20)30-4)15-23-24-22(26)16(2)25(32(5,27)28)18-8-10-19(29-3)11-9-18/h6-12,14-16H,1,13H2,2-5H3,(H,24,26). The van der Waals surface area contributed by atoms with Crippen LogP contribution in [0.3, 0.4) is 0 Å². The van der Waals surface area contributed by atoms with Crippen molar-refractivity contribution in [2.24, 2.45) is 5.10 Å². The van der Waals surface area contributed by atoms with Gasteiger partial charge in [0.2, 0.25) is 10.0 Å². The summed E-state index contributed by atoms with van der Waals surface area (Å²) in [6, 6.07) is 10.5. The zero-order valence-corrected chi connectivity index (χ0v) is 19.3. The summed E-state index contributed by atoms with van der Waals surface area (Å²) < 4.78 is 41.6. The number of amides is 1. The maximum atomic E-state index is 12.6. The van der Waals surface area contributed by atoms with E-state index in [1.807, 2.05) is 0 Å². The molecule has 10 heteroatoms. The van der Waals surface area contributed by atoms with Crippen LogP contribution in [0.2, 0.25) is 0 Å². The Morgan fingerprint density at radius 3 is 2.41 bits per heavy atom. The van der Waals surface area contributed by atoms with Crippen LogP contribution in [0.4, 0.5) is 5.69 Å². The number of rotatable bonds is 11. The van der Waals surface area contributed by atoms with Crippen LogP contribution in [0.15, 0.2) is 60.2 Å². The largest absolute Gasteiger partial charge is 0.497 e. The predicted molar refractivity (Wildman–Crippen MR) is 124 cm³/mol. The van der Waals surface area contributed by atoms with Gasteiger partial charge in [-0.3, -0.25) is 9.10 Å². The SMILES string of the molecule is C=CCOc1ccc(C=NNC(=O)C(C)N(c2ccc(OC)cc2)S(C)(=O)=O)cc1OC. The first-order valence-electron chi connectivity index (χ1n) is 9.59. The molecule has 0 spiro atoms. The molecule has 0 aliphatic rings. The molecule has 1 N–H and O–H groups in total. The van der Waals surface area contributed by atoms with Crippen LogP contribution in [0.5, 0.6) is 17.2 Å². The summed E-state index contributed by atoms with van der Waals surface area (Å²) in [5, 5.41) is 3.94. The van der Waals surface area contributed by atoms with Gasteiger partial charge in [-0.25, -0.2) is 13.8 Å². The highest BCUT2D eigenvalue weighted by Crippen LogP contribution is 2.27. The van der Waals surface area contributed by atoms with Crippen molar-refractivity contribution in [3.63, 3.8) is 0 Å². The van der Waals surface area contributed by atoms with Gasteiger partial charge in [0.15, 0.2) is 11.5 Å². The summed E-state index contributed by atoms with van der Waals surface area (Å²) in [4.78, 5) is 12.6. The van der Waals surface area contributed by atoms with Crippen LogP contribution in [0.1, 0.15) is 12.5 Å². The summed E-state index contributed by atoms with van der Waals surface area (Å²) in [6.45, 7) is 5.41. The van der Waals surface area contributed by atoms with Gasteiger partial charge in [-0.15, -0.1) is 0 Å². The third-order valence-corrected chi connectivity index (χ3v) is 5.59. The number of benzene rings is 2. The van der Waals surface area contributed by atoms with Gasteiger partial charge in [-0.05, 0) is 55.0 Å². The summed E-state index contributed by atoms with van der Waals surface area (Å²) in [5.41, 5.74) is 3.36. The minimum absolute atomic E-state index is 0.333. The number of methoxy groups -OCH3 is 2. The molecule has 0 aromatic heterocycles. The van der Waals surface area contributed by atoms with Crippen LogP contribution >= 0.6 is 0 Å². The zero-order valence-electron chi connectivity index (χ0n) is 18.4. The lowest BCUT2D eigenvalue weighted by Gasteiger charge is -2.27. The fraction of sp³-hybridized carbons (Fsp3) is 0.273. The van der Waals surface area contributed by atoms with Crippen LogP contribution in [0, 0.1) is 0 Å². The summed E-state index contributed by atoms with van der Waals surface area (Å²) in [7, 11) is -0.716. The first-order valence-corrected chi connectivity index (χ1v) is 11.4. The average molecular weight is 462 g/mol. The van der Waals surface area contributed by atoms with Crippen molar-refractivity contribution < 1.29 is 27.4 Å². The van der Waals surface area contributed by atoms with Gasteiger partial charge in [0.05, 0.1) is 32.4 Å². The van der Waals surface area contributed by atoms with Gasteiger partial charge in [0, 0.05) is 0 Å². The van der Waals surface area contributed by atoms with Crippen molar-refractivity contribution >= 4 is 27.8 Å². The Bertz CT molecular complexity index is 1070. The Morgan fingerprint density at radius 1 is 1.16 bits per heavy atom. The highest BCUT2D eigenvalue weighted by Gasteiger charge is 2.29. The van der Waals surface area contributed by atoms with E-state index in [-0.39, 0.29) is 0 Å². The van der Waals surface area contributed by atoms with Gasteiger partial charge in [-0.2, -0.15) is 5.10 Å². The molecule has 1 unspecified atom stereocenters. The van der Waals surface area contributed by atoms with Crippen molar-refractivity contribution in [3.05, 3.63) is 60.7 Å². The van der Waals surface area contributed by atoms with Crippen molar-refractivity contribution in [3.8, 4) is 17.2 Å². The highest BCUT2D eigenvalue weighted by atomic mass is 32.2. The van der Waals surface area contributed by atoms with E-state index in [0.29, 0.717) is 35.1 Å². The number of ether oxygens (including phenoxy) is 3. The Kier molecular flexibility index (Phi) is 8.65. The quantitative estimate of drug-likeness (QED) is 0.313. The molecular formula is C22H27N3O6S. The molecule has 9 nitrogen and oxygen atoms in total. The van der Waals surface area contributed by atoms with Crippen LogP contribution in [-0.4, -0.2) is 53.7 Å². The molecule has 0 radical (unpaired) electrons. The third kappa shape index (κ3) is 6.48. The highest BCUT2D eigenvalue weighted by molar-refractivity contribution is 7.92. The molecule has 32 heavy (non-hydrogen) atoms. The van der Waals surface area contributed by atoms with E-state index >= 15 is 0 Å². The first kappa shape index (κ1) is 24.7. The maximum absolute atomic E-state index is 12.6. The summed E-state index contributed by atoms with van der Waals surface area (Å²) in [5.74, 6) is 1.02. The van der Waals surface area contributed by atoms with E-state index in [1.54, 1.807) is 48.5 Å². The molecule has 172 valence electrons. The van der Waals surface area contributed by atoms with E-state index in [1.165, 1.54) is 27.4 Å². The van der Waals surface area contributed by atoms with Gasteiger partial charge < -0.3 is 14.2 Å². The van der Waals surface area contributed by atoms with E-state index < -0.39 is 22.0 Å². The third-order valence-electron chi connectivity index (χ3n) is 4.35. The van der Waals surface area contributed by atoms with Crippen molar-refractivity contribution in [2.75, 3.05) is 31.4 Å². The van der Waals surface area contributed by atoms with Crippen molar-refractivity contribution in [1.29, 1.82) is 0 Å². The molecule has 0 aliphatic carbocycles. The molecule has 0 heterocycles. The Morgan fingerprint density at radius 2 is 1.84 bits per heavy atom. The Hall–Kier alpha value is -3.53. The maximum Gasteiger partial charge on any atom is 0.263 e. The first-order chi connectivity index (χ1) is 15.2. The number of hydrogen-bond acceptors (Lipinski definition) is 7. The Labute approximate surface area is 188 Å². The summed E-state index contributed by atoms with van der Waals surface area (Å²) in [6.07, 6.45) is 4.08. The molecule has 0 fully saturated rings.